The van der Waals surface area contributed by atoms with Gasteiger partial charge in [0.25, 0.3) is 0 Å². The molecule has 0 amide bonds. The van der Waals surface area contributed by atoms with E-state index in [1.165, 1.54) is 0 Å². The third-order valence-electron chi connectivity index (χ3n) is 3.70. The molecule has 0 radical (unpaired) electrons. The van der Waals surface area contributed by atoms with Crippen LogP contribution in [0.4, 0.5) is 5.13 Å². The van der Waals surface area contributed by atoms with Crippen molar-refractivity contribution in [3.05, 3.63) is 58.2 Å². The largest absolute Gasteiger partial charge is 0.501 e. The maximum Gasteiger partial charge on any atom is 0.183 e. The molecule has 0 atom stereocenters. The molecular weight excluding hydrogens is 346 g/mol. The summed E-state index contributed by atoms with van der Waals surface area (Å²) in [6.45, 7) is 8.08. The van der Waals surface area contributed by atoms with Gasteiger partial charge >= 0.3 is 0 Å². The van der Waals surface area contributed by atoms with E-state index in [0.717, 1.165) is 39.3 Å². The highest BCUT2D eigenvalue weighted by atomic mass is 32.1. The molecule has 0 aliphatic carbocycles. The van der Waals surface area contributed by atoms with Crippen molar-refractivity contribution in [1.29, 1.82) is 0 Å². The van der Waals surface area contributed by atoms with Crippen LogP contribution in [0.1, 0.15) is 39.8 Å². The summed E-state index contributed by atoms with van der Waals surface area (Å²) >= 11 is 1.59. The van der Waals surface area contributed by atoms with E-state index < -0.39 is 0 Å². The third-order valence-corrected chi connectivity index (χ3v) is 4.48. The second-order valence-corrected chi connectivity index (χ2v) is 6.99. The minimum absolute atomic E-state index is 0.342. The van der Waals surface area contributed by atoms with E-state index in [1.54, 1.807) is 25.6 Å². The smallest absolute Gasteiger partial charge is 0.183 e. The number of aromatic nitrogens is 1. The van der Waals surface area contributed by atoms with Crippen LogP contribution in [-0.2, 0) is 9.47 Å². The van der Waals surface area contributed by atoms with E-state index in [9.17, 15) is 0 Å². The van der Waals surface area contributed by atoms with Gasteiger partial charge in [0.2, 0.25) is 0 Å². The van der Waals surface area contributed by atoms with Crippen molar-refractivity contribution >= 4 is 22.2 Å². The van der Waals surface area contributed by atoms with Gasteiger partial charge in [-0.2, -0.15) is 0 Å². The topological polar surface area (TPSA) is 55.7 Å². The van der Waals surface area contributed by atoms with Crippen LogP contribution in [0, 0.1) is 0 Å². The molecule has 0 aromatic carbocycles. The first-order valence-electron chi connectivity index (χ1n) is 8.62. The van der Waals surface area contributed by atoms with Gasteiger partial charge in [-0.3, -0.25) is 0 Å². The molecule has 1 aliphatic rings. The Morgan fingerprint density at radius 2 is 2.12 bits per heavy atom. The standard InChI is InChI=1S/C20H27N3O2S/c1-7-8-15-17(11-14(4)24-5)22-16(9-10-19(15)25-6)18-12-26-20(23-18)21-13(2)3/h7-8,10-13H,9H2,1-6H3,(H,21,23)/b8-7-,14-11+. The van der Waals surface area contributed by atoms with Crippen molar-refractivity contribution in [2.45, 2.75) is 40.2 Å². The summed E-state index contributed by atoms with van der Waals surface area (Å²) in [5.41, 5.74) is 3.52. The average molecular weight is 374 g/mol. The van der Waals surface area contributed by atoms with E-state index in [4.69, 9.17) is 14.5 Å². The van der Waals surface area contributed by atoms with Crippen molar-refractivity contribution in [1.82, 2.24) is 4.98 Å². The fraction of sp³-hybridized carbons (Fsp3) is 0.400. The molecule has 6 heteroatoms. The Labute approximate surface area is 159 Å². The molecule has 1 N–H and O–H groups in total. The minimum atomic E-state index is 0.342. The third kappa shape index (κ3) is 5.08. The highest BCUT2D eigenvalue weighted by molar-refractivity contribution is 7.13. The number of nitrogens with one attached hydrogen (secondary N) is 1. The van der Waals surface area contributed by atoms with Gasteiger partial charge < -0.3 is 14.8 Å². The molecule has 26 heavy (non-hydrogen) atoms. The fourth-order valence-electron chi connectivity index (χ4n) is 2.45. The maximum absolute atomic E-state index is 5.60. The zero-order valence-corrected chi connectivity index (χ0v) is 17.1. The lowest BCUT2D eigenvalue weighted by atomic mass is 10.1. The summed E-state index contributed by atoms with van der Waals surface area (Å²) in [6.07, 6.45) is 8.60. The Morgan fingerprint density at radius 3 is 2.73 bits per heavy atom. The number of rotatable bonds is 7. The Hall–Kier alpha value is -2.34. The SMILES string of the molecule is C/C=C\C1=C(/C=C(\C)OC)N=C(c2csc(NC(C)C)n2)CC=C1OC. The zero-order chi connectivity index (χ0) is 19.1. The van der Waals surface area contributed by atoms with E-state index in [-0.39, 0.29) is 0 Å². The Balaban J connectivity index is 2.52. The summed E-state index contributed by atoms with van der Waals surface area (Å²) in [5, 5.41) is 6.28. The number of nitrogens with zero attached hydrogens (tertiary/aromatic N) is 2. The van der Waals surface area contributed by atoms with Crippen LogP contribution in [0.25, 0.3) is 0 Å². The lowest BCUT2D eigenvalue weighted by Crippen LogP contribution is -2.09. The molecule has 1 aromatic rings. The Kier molecular flexibility index (Phi) is 7.21. The van der Waals surface area contributed by atoms with Crippen LogP contribution in [0.3, 0.4) is 0 Å². The molecule has 5 nitrogen and oxygen atoms in total. The van der Waals surface area contributed by atoms with Gasteiger partial charge in [0.1, 0.15) is 5.76 Å². The first kappa shape index (κ1) is 20.0. The van der Waals surface area contributed by atoms with E-state index in [0.29, 0.717) is 12.5 Å². The highest BCUT2D eigenvalue weighted by Crippen LogP contribution is 2.27. The number of allylic oxidation sites excluding steroid dienone is 5. The fourth-order valence-corrected chi connectivity index (χ4v) is 3.31. The maximum atomic E-state index is 5.60. The number of hydrogen-bond acceptors (Lipinski definition) is 6. The van der Waals surface area contributed by atoms with Crippen LogP contribution in [0.15, 0.2) is 57.5 Å². The van der Waals surface area contributed by atoms with Crippen molar-refractivity contribution in [2.24, 2.45) is 4.99 Å². The number of aliphatic imine (C=N–C) groups is 1. The first-order chi connectivity index (χ1) is 12.5. The van der Waals surface area contributed by atoms with Gasteiger partial charge in [0.05, 0.1) is 37.1 Å². The number of methoxy groups -OCH3 is 2. The molecule has 0 fully saturated rings. The van der Waals surface area contributed by atoms with Gasteiger partial charge in [0, 0.05) is 29.5 Å². The molecule has 0 bridgehead atoms. The number of anilines is 1. The van der Waals surface area contributed by atoms with Crippen LogP contribution >= 0.6 is 11.3 Å². The van der Waals surface area contributed by atoms with Gasteiger partial charge in [0.15, 0.2) is 5.13 Å². The summed E-state index contributed by atoms with van der Waals surface area (Å²) in [5.74, 6) is 1.58. The van der Waals surface area contributed by atoms with Crippen molar-refractivity contribution in [2.75, 3.05) is 19.5 Å². The van der Waals surface area contributed by atoms with Gasteiger partial charge in [-0.25, -0.2) is 9.98 Å². The van der Waals surface area contributed by atoms with Crippen LogP contribution in [-0.4, -0.2) is 31.0 Å². The highest BCUT2D eigenvalue weighted by Gasteiger charge is 2.17. The Bertz CT molecular complexity index is 783. The Morgan fingerprint density at radius 1 is 1.35 bits per heavy atom. The van der Waals surface area contributed by atoms with Crippen molar-refractivity contribution in [3.63, 3.8) is 0 Å². The zero-order valence-electron chi connectivity index (χ0n) is 16.3. The summed E-state index contributed by atoms with van der Waals surface area (Å²) in [4.78, 5) is 9.58. The molecule has 0 unspecified atom stereocenters. The van der Waals surface area contributed by atoms with Crippen LogP contribution < -0.4 is 5.32 Å². The molecule has 0 saturated heterocycles. The average Bonchev–Trinajstić information content (AvgIpc) is 2.99. The van der Waals surface area contributed by atoms with Crippen molar-refractivity contribution in [3.8, 4) is 0 Å². The second-order valence-electron chi connectivity index (χ2n) is 6.13. The molecule has 0 spiro atoms. The van der Waals surface area contributed by atoms with Crippen molar-refractivity contribution < 1.29 is 9.47 Å². The molecule has 2 rings (SSSR count). The lowest BCUT2D eigenvalue weighted by Gasteiger charge is -2.09. The number of ether oxygens (including phenoxy) is 2. The van der Waals surface area contributed by atoms with Gasteiger partial charge in [-0.1, -0.05) is 12.2 Å². The van der Waals surface area contributed by atoms with E-state index >= 15 is 0 Å². The van der Waals surface area contributed by atoms with E-state index in [1.807, 2.05) is 43.5 Å². The molecule has 0 saturated carbocycles. The molecule has 1 aliphatic heterocycles. The van der Waals surface area contributed by atoms with E-state index in [2.05, 4.69) is 24.1 Å². The second kappa shape index (κ2) is 9.38. The summed E-state index contributed by atoms with van der Waals surface area (Å²) < 4.78 is 10.9. The quantitative estimate of drug-likeness (QED) is 0.678. The molecule has 1 aromatic heterocycles. The first-order valence-corrected chi connectivity index (χ1v) is 9.50. The number of thiazole rings is 1. The molecule has 140 valence electrons. The molecular formula is C20H27N3O2S. The van der Waals surface area contributed by atoms with Gasteiger partial charge in [-0.15, -0.1) is 11.3 Å². The minimum Gasteiger partial charge on any atom is -0.501 e. The summed E-state index contributed by atoms with van der Waals surface area (Å²) in [6, 6.07) is 0.342. The van der Waals surface area contributed by atoms with Crippen LogP contribution in [0.2, 0.25) is 0 Å². The van der Waals surface area contributed by atoms with Crippen LogP contribution in [0.5, 0.6) is 0 Å². The predicted octanol–water partition coefficient (Wildman–Crippen LogP) is 5.07. The normalized spacial score (nSPS) is 15.9. The predicted molar refractivity (Wildman–Crippen MR) is 110 cm³/mol. The molecule has 2 heterocycles. The number of hydrogen-bond donors (Lipinski definition) is 1. The summed E-state index contributed by atoms with van der Waals surface area (Å²) in [7, 11) is 3.33. The van der Waals surface area contributed by atoms with Gasteiger partial charge in [-0.05, 0) is 33.8 Å². The lowest BCUT2D eigenvalue weighted by molar-refractivity contribution is 0.292. The monoisotopic (exact) mass is 373 g/mol.